The Balaban J connectivity index is 1.84. The molecule has 0 saturated carbocycles. The molecule has 0 radical (unpaired) electrons. The van der Waals surface area contributed by atoms with Gasteiger partial charge in [0.1, 0.15) is 0 Å². The highest BCUT2D eigenvalue weighted by molar-refractivity contribution is 6.04. The lowest BCUT2D eigenvalue weighted by Crippen LogP contribution is -2.40. The topological polar surface area (TPSA) is 160 Å². The monoisotopic (exact) mass is 477 g/mol. The molecule has 1 aliphatic heterocycles. The van der Waals surface area contributed by atoms with E-state index in [2.05, 4.69) is 10.4 Å². The summed E-state index contributed by atoms with van der Waals surface area (Å²) in [5, 5.41) is 41.4. The Kier molecular flexibility index (Phi) is 6.02. The molecule has 1 atom stereocenters. The number of anilines is 1. The maximum atomic E-state index is 13.4. The van der Waals surface area contributed by atoms with Gasteiger partial charge in [-0.15, -0.1) is 0 Å². The average Bonchev–Trinajstić information content (AvgIpc) is 2.85. The molecule has 4 rings (SSSR count). The van der Waals surface area contributed by atoms with Gasteiger partial charge in [0.15, 0.2) is 11.9 Å². The van der Waals surface area contributed by atoms with E-state index >= 15 is 0 Å². The van der Waals surface area contributed by atoms with Crippen LogP contribution >= 0.6 is 0 Å². The molecule has 1 amide bonds. The van der Waals surface area contributed by atoms with Gasteiger partial charge < -0.3 is 15.2 Å². The molecule has 3 aromatic rings. The van der Waals surface area contributed by atoms with Crippen LogP contribution in [0, 0.1) is 20.2 Å². The second kappa shape index (κ2) is 9.09. The maximum Gasteiger partial charge on any atom is 0.315 e. The van der Waals surface area contributed by atoms with Crippen LogP contribution in [0.4, 0.5) is 17.1 Å². The number of hydrazone groups is 1. The molecule has 2 N–H and O–H groups in total. The van der Waals surface area contributed by atoms with E-state index in [1.807, 2.05) is 0 Å². The van der Waals surface area contributed by atoms with Gasteiger partial charge >= 0.3 is 5.69 Å². The van der Waals surface area contributed by atoms with Gasteiger partial charge in [0.25, 0.3) is 11.6 Å². The number of ether oxygens (including phenoxy) is 1. The Morgan fingerprint density at radius 2 is 1.77 bits per heavy atom. The lowest BCUT2D eigenvalue weighted by Gasteiger charge is -2.35. The fourth-order valence-corrected chi connectivity index (χ4v) is 3.68. The molecule has 0 fully saturated rings. The van der Waals surface area contributed by atoms with Gasteiger partial charge in [-0.2, -0.15) is 5.10 Å². The van der Waals surface area contributed by atoms with Crippen molar-refractivity contribution in [3.05, 3.63) is 97.6 Å². The van der Waals surface area contributed by atoms with E-state index in [4.69, 9.17) is 4.74 Å². The normalized spacial score (nSPS) is 15.3. The number of rotatable bonds is 6. The first-order valence-electron chi connectivity index (χ1n) is 10.3. The van der Waals surface area contributed by atoms with Crippen LogP contribution in [0.2, 0.25) is 0 Å². The average molecular weight is 477 g/mol. The minimum absolute atomic E-state index is 0.0902. The summed E-state index contributed by atoms with van der Waals surface area (Å²) in [6.45, 7) is 1.63. The highest BCUT2D eigenvalue weighted by Gasteiger charge is 2.35. The number of aromatic hydroxyl groups is 1. The summed E-state index contributed by atoms with van der Waals surface area (Å²) < 4.78 is 5.10. The van der Waals surface area contributed by atoms with Crippen molar-refractivity contribution in [1.29, 1.82) is 0 Å². The largest absolute Gasteiger partial charge is 0.500 e. The summed E-state index contributed by atoms with van der Waals surface area (Å²) in [7, 11) is 1.26. The lowest BCUT2D eigenvalue weighted by molar-refractivity contribution is -0.386. The number of phenolic OH excluding ortho intramolecular Hbond substituents is 1. The van der Waals surface area contributed by atoms with E-state index < -0.39 is 33.4 Å². The SMILES string of the molecule is COc1cc(C2Nc3ccccc3C(=O)N2/N=C(\C)c2ccc([N+](=O)[O-])cc2)cc([N+](=O)[O-])c1O. The number of benzene rings is 3. The molecule has 12 heteroatoms. The van der Waals surface area contributed by atoms with Gasteiger partial charge in [-0.1, -0.05) is 12.1 Å². The van der Waals surface area contributed by atoms with E-state index in [0.717, 1.165) is 11.1 Å². The smallest absolute Gasteiger partial charge is 0.315 e. The zero-order valence-electron chi connectivity index (χ0n) is 18.5. The molecular formula is C23H19N5O7. The molecule has 3 aromatic carbocycles. The van der Waals surface area contributed by atoms with Crippen LogP contribution < -0.4 is 10.1 Å². The summed E-state index contributed by atoms with van der Waals surface area (Å²) >= 11 is 0. The number of carbonyl (C=O) groups is 1. The van der Waals surface area contributed by atoms with Crippen LogP contribution in [0.3, 0.4) is 0 Å². The van der Waals surface area contributed by atoms with E-state index in [-0.39, 0.29) is 17.0 Å². The first-order chi connectivity index (χ1) is 16.7. The predicted octanol–water partition coefficient (Wildman–Crippen LogP) is 4.21. The molecule has 0 aliphatic carbocycles. The molecule has 0 saturated heterocycles. The molecule has 0 aromatic heterocycles. The van der Waals surface area contributed by atoms with Crippen molar-refractivity contribution in [2.75, 3.05) is 12.4 Å². The highest BCUT2D eigenvalue weighted by Crippen LogP contribution is 2.41. The number of nitrogens with one attached hydrogen (secondary N) is 1. The Labute approximate surface area is 198 Å². The van der Waals surface area contributed by atoms with Gasteiger partial charge in [-0.25, -0.2) is 5.01 Å². The predicted molar refractivity (Wildman–Crippen MR) is 126 cm³/mol. The van der Waals surface area contributed by atoms with Crippen LogP contribution in [-0.4, -0.2) is 38.7 Å². The van der Waals surface area contributed by atoms with Crippen LogP contribution in [-0.2, 0) is 0 Å². The van der Waals surface area contributed by atoms with Crippen molar-refractivity contribution in [1.82, 2.24) is 5.01 Å². The van der Waals surface area contributed by atoms with Crippen molar-refractivity contribution < 1.29 is 24.5 Å². The number of hydrogen-bond donors (Lipinski definition) is 2. The third-order valence-electron chi connectivity index (χ3n) is 5.47. The van der Waals surface area contributed by atoms with Gasteiger partial charge in [-0.05, 0) is 42.8 Å². The van der Waals surface area contributed by atoms with Crippen molar-refractivity contribution >= 4 is 28.7 Å². The number of para-hydroxylation sites is 1. The molecule has 1 unspecified atom stereocenters. The standard InChI is InChI=1S/C23H19N5O7/c1-13(14-7-9-16(10-8-14)27(31)32)25-26-22(24-18-6-4-3-5-17(18)23(26)30)15-11-19(28(33)34)21(29)20(12-15)35-2/h3-12,22,24,29H,1-2H3/b25-13+. The number of nitrogens with zero attached hydrogens (tertiary/aromatic N) is 4. The molecule has 35 heavy (non-hydrogen) atoms. The summed E-state index contributed by atoms with van der Waals surface area (Å²) in [5.41, 5.74) is 1.31. The number of non-ortho nitro benzene ring substituents is 1. The number of methoxy groups -OCH3 is 1. The number of amides is 1. The van der Waals surface area contributed by atoms with Crippen molar-refractivity contribution in [3.8, 4) is 11.5 Å². The quantitative estimate of drug-likeness (QED) is 0.303. The van der Waals surface area contributed by atoms with Crippen molar-refractivity contribution in [2.45, 2.75) is 13.1 Å². The third-order valence-corrected chi connectivity index (χ3v) is 5.47. The second-order valence-corrected chi connectivity index (χ2v) is 7.58. The van der Waals surface area contributed by atoms with E-state index in [1.165, 1.54) is 37.4 Å². The minimum Gasteiger partial charge on any atom is -0.500 e. The molecule has 1 aliphatic rings. The van der Waals surface area contributed by atoms with Crippen LogP contribution in [0.1, 0.15) is 34.6 Å². The van der Waals surface area contributed by atoms with E-state index in [1.54, 1.807) is 31.2 Å². The Morgan fingerprint density at radius 1 is 1.09 bits per heavy atom. The van der Waals surface area contributed by atoms with Crippen molar-refractivity contribution in [3.63, 3.8) is 0 Å². The number of hydrogen-bond acceptors (Lipinski definition) is 9. The fourth-order valence-electron chi connectivity index (χ4n) is 3.68. The second-order valence-electron chi connectivity index (χ2n) is 7.58. The number of nitro benzene ring substituents is 2. The summed E-state index contributed by atoms with van der Waals surface area (Å²) in [4.78, 5) is 34.6. The first kappa shape index (κ1) is 23.2. The Bertz CT molecular complexity index is 1370. The highest BCUT2D eigenvalue weighted by atomic mass is 16.6. The van der Waals surface area contributed by atoms with E-state index in [9.17, 15) is 30.1 Å². The van der Waals surface area contributed by atoms with Crippen LogP contribution in [0.5, 0.6) is 11.5 Å². The number of fused-ring (bicyclic) bond motifs is 1. The number of carbonyl (C=O) groups excluding carboxylic acids is 1. The summed E-state index contributed by atoms with van der Waals surface area (Å²) in [5.74, 6) is -1.25. The minimum atomic E-state index is -0.987. The van der Waals surface area contributed by atoms with Gasteiger partial charge in [0.2, 0.25) is 5.75 Å². The number of phenols is 1. The summed E-state index contributed by atoms with van der Waals surface area (Å²) in [6.07, 6.45) is -0.987. The fraction of sp³-hybridized carbons (Fsp3) is 0.130. The lowest BCUT2D eigenvalue weighted by atomic mass is 10.0. The Hall–Kier alpha value is -5.00. The van der Waals surface area contributed by atoms with E-state index in [0.29, 0.717) is 22.5 Å². The molecule has 0 spiro atoms. The molecule has 0 bridgehead atoms. The third kappa shape index (κ3) is 4.31. The van der Waals surface area contributed by atoms with Crippen LogP contribution in [0.25, 0.3) is 0 Å². The zero-order valence-corrected chi connectivity index (χ0v) is 18.5. The van der Waals surface area contributed by atoms with Gasteiger partial charge in [0, 0.05) is 29.4 Å². The molecule has 1 heterocycles. The maximum absolute atomic E-state index is 13.4. The van der Waals surface area contributed by atoms with Crippen molar-refractivity contribution in [2.24, 2.45) is 5.10 Å². The molecule has 178 valence electrons. The number of nitro groups is 2. The molecular weight excluding hydrogens is 458 g/mol. The zero-order chi connectivity index (χ0) is 25.3. The van der Waals surface area contributed by atoms with Crippen LogP contribution in [0.15, 0.2) is 65.8 Å². The van der Waals surface area contributed by atoms with Gasteiger partial charge in [-0.3, -0.25) is 25.0 Å². The first-order valence-corrected chi connectivity index (χ1v) is 10.3. The molecule has 12 nitrogen and oxygen atoms in total. The summed E-state index contributed by atoms with van der Waals surface area (Å²) in [6, 6.07) is 14.9. The van der Waals surface area contributed by atoms with Gasteiger partial charge in [0.05, 0.1) is 28.2 Å². The Morgan fingerprint density at radius 3 is 2.40 bits per heavy atom.